The number of alkyl halides is 3. The number of benzene rings is 1. The molecule has 19 heavy (non-hydrogen) atoms. The smallest absolute Gasteiger partial charge is 0.302 e. The standard InChI is InChI=1S/C11H5ClF4N2O/c12-5-1-2-6(7(13)3-5)8-4-9(11(14,15)16)18-10(19)17-8/h1-4H,(H,17,18,19). The Morgan fingerprint density at radius 3 is 2.47 bits per heavy atom. The quantitative estimate of drug-likeness (QED) is 0.820. The second-order valence-electron chi connectivity index (χ2n) is 3.61. The molecule has 0 aliphatic rings. The highest BCUT2D eigenvalue weighted by molar-refractivity contribution is 6.30. The van der Waals surface area contributed by atoms with Crippen LogP contribution in [0.1, 0.15) is 5.69 Å². The molecule has 0 fully saturated rings. The van der Waals surface area contributed by atoms with Crippen molar-refractivity contribution in [2.24, 2.45) is 0 Å². The molecule has 0 aliphatic carbocycles. The summed E-state index contributed by atoms with van der Waals surface area (Å²) in [5, 5.41) is 0.0853. The molecule has 2 rings (SSSR count). The number of nitrogens with one attached hydrogen (secondary N) is 1. The maximum Gasteiger partial charge on any atom is 0.431 e. The predicted octanol–water partition coefficient (Wildman–Crippen LogP) is 3.25. The van der Waals surface area contributed by atoms with Crippen LogP contribution in [0.4, 0.5) is 17.6 Å². The van der Waals surface area contributed by atoms with Crippen molar-refractivity contribution in [3.63, 3.8) is 0 Å². The van der Waals surface area contributed by atoms with Gasteiger partial charge in [0.1, 0.15) is 11.5 Å². The van der Waals surface area contributed by atoms with Crippen molar-refractivity contribution in [3.05, 3.63) is 51.3 Å². The van der Waals surface area contributed by atoms with E-state index in [9.17, 15) is 22.4 Å². The van der Waals surface area contributed by atoms with E-state index in [0.717, 1.165) is 12.1 Å². The van der Waals surface area contributed by atoms with Gasteiger partial charge in [0.25, 0.3) is 0 Å². The maximum absolute atomic E-state index is 13.6. The summed E-state index contributed by atoms with van der Waals surface area (Å²) in [7, 11) is 0. The summed E-state index contributed by atoms with van der Waals surface area (Å²) in [5.41, 5.74) is -3.15. The molecule has 1 aromatic heterocycles. The molecule has 2 aromatic rings. The van der Waals surface area contributed by atoms with Crippen LogP contribution in [0.3, 0.4) is 0 Å². The zero-order chi connectivity index (χ0) is 14.2. The summed E-state index contributed by atoms with van der Waals surface area (Å²) < 4.78 is 51.1. The Morgan fingerprint density at radius 2 is 1.89 bits per heavy atom. The van der Waals surface area contributed by atoms with Gasteiger partial charge in [-0.1, -0.05) is 11.6 Å². The van der Waals surface area contributed by atoms with Crippen molar-refractivity contribution in [1.29, 1.82) is 0 Å². The summed E-state index contributed by atoms with van der Waals surface area (Å²) in [6.07, 6.45) is -4.75. The summed E-state index contributed by atoms with van der Waals surface area (Å²) in [6.45, 7) is 0. The van der Waals surface area contributed by atoms with E-state index in [1.165, 1.54) is 6.07 Å². The largest absolute Gasteiger partial charge is 0.431 e. The van der Waals surface area contributed by atoms with Crippen LogP contribution in [0.15, 0.2) is 29.1 Å². The molecule has 0 bridgehead atoms. The Morgan fingerprint density at radius 1 is 1.21 bits per heavy atom. The van der Waals surface area contributed by atoms with Crippen LogP contribution in [-0.4, -0.2) is 9.97 Å². The average Bonchev–Trinajstić information content (AvgIpc) is 2.26. The SMILES string of the molecule is O=c1nc(-c2ccc(Cl)cc2F)cc(C(F)(F)F)[nH]1. The lowest BCUT2D eigenvalue weighted by atomic mass is 10.1. The first-order chi connectivity index (χ1) is 8.77. The van der Waals surface area contributed by atoms with Gasteiger partial charge in [0, 0.05) is 10.6 Å². The van der Waals surface area contributed by atoms with Gasteiger partial charge in [-0.25, -0.2) is 9.18 Å². The van der Waals surface area contributed by atoms with Crippen LogP contribution < -0.4 is 5.69 Å². The monoisotopic (exact) mass is 292 g/mol. The first-order valence-electron chi connectivity index (χ1n) is 4.91. The van der Waals surface area contributed by atoms with Crippen LogP contribution >= 0.6 is 11.6 Å². The van der Waals surface area contributed by atoms with Gasteiger partial charge in [-0.15, -0.1) is 0 Å². The topological polar surface area (TPSA) is 45.8 Å². The fourth-order valence-electron chi connectivity index (χ4n) is 1.45. The molecule has 0 unspecified atom stereocenters. The lowest BCUT2D eigenvalue weighted by molar-refractivity contribution is -0.141. The molecule has 1 N–H and O–H groups in total. The first kappa shape index (κ1) is 13.5. The number of aromatic nitrogens is 2. The number of H-pyrrole nitrogens is 1. The van der Waals surface area contributed by atoms with Gasteiger partial charge in [0.15, 0.2) is 0 Å². The summed E-state index contributed by atoms with van der Waals surface area (Å²) in [6, 6.07) is 3.93. The number of aromatic amines is 1. The third kappa shape index (κ3) is 2.93. The van der Waals surface area contributed by atoms with Crippen LogP contribution in [-0.2, 0) is 6.18 Å². The minimum atomic E-state index is -4.75. The normalized spacial score (nSPS) is 11.6. The maximum atomic E-state index is 13.6. The van der Waals surface area contributed by atoms with E-state index in [1.54, 1.807) is 4.98 Å². The molecule has 0 amide bonds. The number of halogens is 5. The molecular formula is C11H5ClF4N2O. The molecule has 8 heteroatoms. The molecular weight excluding hydrogens is 288 g/mol. The highest BCUT2D eigenvalue weighted by atomic mass is 35.5. The van der Waals surface area contributed by atoms with Crippen molar-refractivity contribution in [2.45, 2.75) is 6.18 Å². The highest BCUT2D eigenvalue weighted by Crippen LogP contribution is 2.30. The Hall–Kier alpha value is -1.89. The molecule has 0 saturated carbocycles. The van der Waals surface area contributed by atoms with Crippen LogP contribution in [0.25, 0.3) is 11.3 Å². The molecule has 1 heterocycles. The van der Waals surface area contributed by atoms with E-state index in [-0.39, 0.29) is 10.6 Å². The first-order valence-corrected chi connectivity index (χ1v) is 5.29. The fraction of sp³-hybridized carbons (Fsp3) is 0.0909. The van der Waals surface area contributed by atoms with E-state index in [0.29, 0.717) is 6.07 Å². The van der Waals surface area contributed by atoms with Crippen LogP contribution in [0, 0.1) is 5.82 Å². The lowest BCUT2D eigenvalue weighted by Crippen LogP contribution is -2.19. The minimum absolute atomic E-state index is 0.0853. The molecule has 1 aromatic carbocycles. The molecule has 0 radical (unpaired) electrons. The second-order valence-corrected chi connectivity index (χ2v) is 4.04. The Kier molecular flexibility index (Phi) is 3.32. The van der Waals surface area contributed by atoms with Gasteiger partial charge in [0.2, 0.25) is 0 Å². The van der Waals surface area contributed by atoms with Gasteiger partial charge >= 0.3 is 11.9 Å². The Balaban J connectivity index is 2.63. The Bertz CT molecular complexity index is 681. The van der Waals surface area contributed by atoms with Gasteiger partial charge in [0.05, 0.1) is 5.69 Å². The second kappa shape index (κ2) is 4.65. The third-order valence-corrected chi connectivity index (χ3v) is 2.49. The van der Waals surface area contributed by atoms with Crippen molar-refractivity contribution < 1.29 is 17.6 Å². The summed E-state index contributed by atoms with van der Waals surface area (Å²) >= 11 is 5.53. The van der Waals surface area contributed by atoms with Crippen molar-refractivity contribution in [1.82, 2.24) is 9.97 Å². The molecule has 0 spiro atoms. The van der Waals surface area contributed by atoms with E-state index in [2.05, 4.69) is 4.98 Å². The van der Waals surface area contributed by atoms with Gasteiger partial charge in [-0.3, -0.25) is 0 Å². The molecule has 0 atom stereocenters. The minimum Gasteiger partial charge on any atom is -0.302 e. The van der Waals surface area contributed by atoms with E-state index >= 15 is 0 Å². The van der Waals surface area contributed by atoms with Gasteiger partial charge in [-0.2, -0.15) is 18.2 Å². The fourth-order valence-corrected chi connectivity index (χ4v) is 1.60. The summed E-state index contributed by atoms with van der Waals surface area (Å²) in [4.78, 5) is 16.0. The Labute approximate surface area is 108 Å². The summed E-state index contributed by atoms with van der Waals surface area (Å²) in [5.74, 6) is -0.862. The number of hydrogen-bond acceptors (Lipinski definition) is 2. The van der Waals surface area contributed by atoms with E-state index < -0.39 is 29.1 Å². The zero-order valence-corrected chi connectivity index (χ0v) is 9.81. The average molecular weight is 293 g/mol. The predicted molar refractivity (Wildman–Crippen MR) is 60.3 cm³/mol. The van der Waals surface area contributed by atoms with Crippen molar-refractivity contribution in [2.75, 3.05) is 0 Å². The lowest BCUT2D eigenvalue weighted by Gasteiger charge is -2.08. The molecule has 3 nitrogen and oxygen atoms in total. The van der Waals surface area contributed by atoms with Gasteiger partial charge in [-0.05, 0) is 24.3 Å². The highest BCUT2D eigenvalue weighted by Gasteiger charge is 2.32. The molecule has 100 valence electrons. The van der Waals surface area contributed by atoms with E-state index in [1.807, 2.05) is 0 Å². The third-order valence-electron chi connectivity index (χ3n) is 2.26. The van der Waals surface area contributed by atoms with Crippen LogP contribution in [0.5, 0.6) is 0 Å². The molecule has 0 saturated heterocycles. The van der Waals surface area contributed by atoms with Crippen LogP contribution in [0.2, 0.25) is 5.02 Å². The molecule has 0 aliphatic heterocycles. The van der Waals surface area contributed by atoms with Crippen molar-refractivity contribution >= 4 is 11.6 Å². The number of nitrogens with zero attached hydrogens (tertiary/aromatic N) is 1. The number of hydrogen-bond donors (Lipinski definition) is 1. The van der Waals surface area contributed by atoms with E-state index in [4.69, 9.17) is 11.6 Å². The van der Waals surface area contributed by atoms with Crippen molar-refractivity contribution in [3.8, 4) is 11.3 Å². The zero-order valence-electron chi connectivity index (χ0n) is 9.05. The number of rotatable bonds is 1. The van der Waals surface area contributed by atoms with Gasteiger partial charge < -0.3 is 4.98 Å².